The van der Waals surface area contributed by atoms with E-state index in [0.717, 1.165) is 25.7 Å². The summed E-state index contributed by atoms with van der Waals surface area (Å²) in [6.45, 7) is 4.53. The summed E-state index contributed by atoms with van der Waals surface area (Å²) in [4.78, 5) is 0. The van der Waals surface area contributed by atoms with Gasteiger partial charge < -0.3 is 14.6 Å². The lowest BCUT2D eigenvalue weighted by Gasteiger charge is -2.36. The molecule has 0 saturated carbocycles. The molecule has 1 saturated heterocycles. The summed E-state index contributed by atoms with van der Waals surface area (Å²) in [5, 5.41) is 11.0. The standard InChI is InChI=1S/C30H33F3O3/c1-3-5-6-7-20-16-17-30(34,36-19-20)25-14-12-23(18-26(25)31)21-8-10-22(11-9-21)24-13-15-27(35-4-2)29(33)28(24)32/h8-15,18,20,34H,3-7,16-17,19H2,1-2H3. The van der Waals surface area contributed by atoms with Crippen molar-refractivity contribution in [1.29, 1.82) is 0 Å². The molecule has 0 bridgehead atoms. The largest absolute Gasteiger partial charge is 0.491 e. The number of ether oxygens (including phenoxy) is 2. The van der Waals surface area contributed by atoms with Crippen molar-refractivity contribution in [2.45, 2.75) is 58.2 Å². The Hall–Kier alpha value is -2.83. The number of halogens is 3. The van der Waals surface area contributed by atoms with E-state index in [1.807, 2.05) is 0 Å². The number of hydrogen-bond acceptors (Lipinski definition) is 3. The number of aliphatic hydroxyl groups is 1. The normalized spacial score (nSPS) is 19.9. The van der Waals surface area contributed by atoms with E-state index >= 15 is 4.39 Å². The minimum absolute atomic E-state index is 0.119. The molecule has 192 valence electrons. The summed E-state index contributed by atoms with van der Waals surface area (Å²) in [7, 11) is 0. The predicted molar refractivity (Wildman–Crippen MR) is 135 cm³/mol. The van der Waals surface area contributed by atoms with Gasteiger partial charge in [0.1, 0.15) is 5.82 Å². The first-order valence-electron chi connectivity index (χ1n) is 12.7. The van der Waals surface area contributed by atoms with Crippen LogP contribution in [0.5, 0.6) is 5.75 Å². The van der Waals surface area contributed by atoms with Crippen molar-refractivity contribution >= 4 is 0 Å². The molecule has 1 aliphatic rings. The highest BCUT2D eigenvalue weighted by Gasteiger charge is 2.38. The van der Waals surface area contributed by atoms with Crippen LogP contribution in [0.1, 0.15) is 57.9 Å². The van der Waals surface area contributed by atoms with Crippen molar-refractivity contribution in [2.24, 2.45) is 5.92 Å². The molecule has 1 heterocycles. The molecule has 6 heteroatoms. The van der Waals surface area contributed by atoms with E-state index in [1.54, 1.807) is 43.3 Å². The lowest BCUT2D eigenvalue weighted by molar-refractivity contribution is -0.247. The van der Waals surface area contributed by atoms with Gasteiger partial charge in [-0.15, -0.1) is 0 Å². The molecular weight excluding hydrogens is 465 g/mol. The number of rotatable bonds is 9. The van der Waals surface area contributed by atoms with E-state index in [4.69, 9.17) is 9.47 Å². The summed E-state index contributed by atoms with van der Waals surface area (Å²) >= 11 is 0. The van der Waals surface area contributed by atoms with Gasteiger partial charge in [0.15, 0.2) is 17.4 Å². The summed E-state index contributed by atoms with van der Waals surface area (Å²) in [5.74, 6) is -3.89. The quantitative estimate of drug-likeness (QED) is 0.304. The minimum atomic E-state index is -1.62. The molecule has 4 rings (SSSR count). The second-order valence-corrected chi connectivity index (χ2v) is 9.44. The first kappa shape index (κ1) is 26.2. The molecule has 0 spiro atoms. The van der Waals surface area contributed by atoms with E-state index in [2.05, 4.69) is 6.92 Å². The Balaban J connectivity index is 1.48. The second kappa shape index (κ2) is 11.5. The number of hydrogen-bond donors (Lipinski definition) is 1. The maximum atomic E-state index is 15.1. The van der Waals surface area contributed by atoms with Crippen LogP contribution in [0.2, 0.25) is 0 Å². The van der Waals surface area contributed by atoms with Crippen LogP contribution < -0.4 is 4.74 Å². The molecule has 36 heavy (non-hydrogen) atoms. The zero-order valence-electron chi connectivity index (χ0n) is 20.8. The predicted octanol–water partition coefficient (Wildman–Crippen LogP) is 7.99. The average Bonchev–Trinajstić information content (AvgIpc) is 2.88. The van der Waals surface area contributed by atoms with E-state index in [0.29, 0.717) is 35.6 Å². The molecule has 2 unspecified atom stereocenters. The average molecular weight is 499 g/mol. The molecule has 3 aromatic carbocycles. The summed E-state index contributed by atoms with van der Waals surface area (Å²) in [6.07, 6.45) is 5.71. The Morgan fingerprint density at radius 3 is 2.28 bits per heavy atom. The fourth-order valence-corrected chi connectivity index (χ4v) is 4.81. The maximum Gasteiger partial charge on any atom is 0.201 e. The zero-order valence-corrected chi connectivity index (χ0v) is 20.8. The maximum absolute atomic E-state index is 15.1. The van der Waals surface area contributed by atoms with Gasteiger partial charge in [-0.05, 0) is 60.6 Å². The molecule has 3 nitrogen and oxygen atoms in total. The van der Waals surface area contributed by atoms with Crippen molar-refractivity contribution in [3.8, 4) is 28.0 Å². The van der Waals surface area contributed by atoms with Crippen LogP contribution in [-0.2, 0) is 10.5 Å². The van der Waals surface area contributed by atoms with Gasteiger partial charge in [-0.1, -0.05) is 62.6 Å². The summed E-state index contributed by atoms with van der Waals surface area (Å²) in [5.41, 5.74) is 2.07. The Kier molecular flexibility index (Phi) is 8.37. The third kappa shape index (κ3) is 5.60. The highest BCUT2D eigenvalue weighted by molar-refractivity contribution is 5.71. The molecule has 1 fully saturated rings. The van der Waals surface area contributed by atoms with Crippen LogP contribution in [0.3, 0.4) is 0 Å². The molecule has 0 aliphatic carbocycles. The Bertz CT molecular complexity index is 1170. The van der Waals surface area contributed by atoms with Gasteiger partial charge in [-0.3, -0.25) is 0 Å². The Morgan fingerprint density at radius 1 is 0.917 bits per heavy atom. The second-order valence-electron chi connectivity index (χ2n) is 9.44. The van der Waals surface area contributed by atoms with Crippen molar-refractivity contribution in [3.05, 3.63) is 77.6 Å². The van der Waals surface area contributed by atoms with Gasteiger partial charge >= 0.3 is 0 Å². The van der Waals surface area contributed by atoms with Crippen LogP contribution >= 0.6 is 0 Å². The first-order valence-corrected chi connectivity index (χ1v) is 12.7. The fraction of sp³-hybridized carbons (Fsp3) is 0.400. The fourth-order valence-electron chi connectivity index (χ4n) is 4.81. The van der Waals surface area contributed by atoms with Gasteiger partial charge in [0.05, 0.1) is 13.2 Å². The van der Waals surface area contributed by atoms with Crippen molar-refractivity contribution in [2.75, 3.05) is 13.2 Å². The lowest BCUT2D eigenvalue weighted by atomic mass is 9.88. The number of benzene rings is 3. The van der Waals surface area contributed by atoms with Crippen LogP contribution in [0.4, 0.5) is 13.2 Å². The van der Waals surface area contributed by atoms with Gasteiger partial charge in [0.2, 0.25) is 5.82 Å². The zero-order chi connectivity index (χ0) is 25.7. The third-order valence-electron chi connectivity index (χ3n) is 6.93. The highest BCUT2D eigenvalue weighted by atomic mass is 19.2. The smallest absolute Gasteiger partial charge is 0.201 e. The van der Waals surface area contributed by atoms with Crippen LogP contribution in [0, 0.1) is 23.4 Å². The van der Waals surface area contributed by atoms with E-state index < -0.39 is 23.2 Å². The van der Waals surface area contributed by atoms with E-state index in [1.165, 1.54) is 24.6 Å². The van der Waals surface area contributed by atoms with Crippen LogP contribution in [-0.4, -0.2) is 18.3 Å². The van der Waals surface area contributed by atoms with Crippen LogP contribution in [0.25, 0.3) is 22.3 Å². The summed E-state index contributed by atoms with van der Waals surface area (Å²) < 4.78 is 54.8. The van der Waals surface area contributed by atoms with Crippen molar-refractivity contribution < 1.29 is 27.8 Å². The molecule has 1 aliphatic heterocycles. The van der Waals surface area contributed by atoms with Gasteiger partial charge in [0.25, 0.3) is 0 Å². The van der Waals surface area contributed by atoms with Crippen molar-refractivity contribution in [1.82, 2.24) is 0 Å². The lowest BCUT2D eigenvalue weighted by Crippen LogP contribution is -2.37. The SMILES string of the molecule is CCCCCC1CCC(O)(c2ccc(-c3ccc(-c4ccc(OCC)c(F)c4F)cc3)cc2F)OC1. The monoisotopic (exact) mass is 498 g/mol. The van der Waals surface area contributed by atoms with Gasteiger partial charge in [0, 0.05) is 17.5 Å². The molecular formula is C30H33F3O3. The Morgan fingerprint density at radius 2 is 1.64 bits per heavy atom. The molecule has 2 atom stereocenters. The van der Waals surface area contributed by atoms with Gasteiger partial charge in [-0.25, -0.2) is 8.78 Å². The highest BCUT2D eigenvalue weighted by Crippen LogP contribution is 2.39. The van der Waals surface area contributed by atoms with E-state index in [9.17, 15) is 13.9 Å². The summed E-state index contributed by atoms with van der Waals surface area (Å²) in [6, 6.07) is 14.3. The number of unbranched alkanes of at least 4 members (excludes halogenated alkanes) is 2. The Labute approximate surface area is 210 Å². The molecule has 0 amide bonds. The van der Waals surface area contributed by atoms with Crippen LogP contribution in [0.15, 0.2) is 54.6 Å². The molecule has 0 radical (unpaired) electrons. The topological polar surface area (TPSA) is 38.7 Å². The van der Waals surface area contributed by atoms with Gasteiger partial charge in [-0.2, -0.15) is 4.39 Å². The first-order chi connectivity index (χ1) is 17.4. The van der Waals surface area contributed by atoms with E-state index in [-0.39, 0.29) is 23.5 Å². The third-order valence-corrected chi connectivity index (χ3v) is 6.93. The van der Waals surface area contributed by atoms with Crippen molar-refractivity contribution in [3.63, 3.8) is 0 Å². The minimum Gasteiger partial charge on any atom is -0.491 e. The molecule has 1 N–H and O–H groups in total. The molecule has 0 aromatic heterocycles. The molecule has 3 aromatic rings.